The van der Waals surface area contributed by atoms with E-state index in [1.54, 1.807) is 12.1 Å². The van der Waals surface area contributed by atoms with Crippen LogP contribution in [0.4, 0.5) is 30.4 Å². The molecule has 13 heteroatoms. The van der Waals surface area contributed by atoms with Crippen molar-refractivity contribution >= 4 is 44.7 Å². The Labute approximate surface area is 244 Å². The van der Waals surface area contributed by atoms with Gasteiger partial charge < -0.3 is 14.7 Å². The fourth-order valence-corrected chi connectivity index (χ4v) is 6.46. The molecule has 0 aliphatic carbocycles. The zero-order valence-corrected chi connectivity index (χ0v) is 23.8. The highest BCUT2D eigenvalue weighted by atomic mass is 35.5. The van der Waals surface area contributed by atoms with Gasteiger partial charge in [-0.2, -0.15) is 13.2 Å². The fraction of sp³-hybridized carbons (Fsp3) is 0.357. The van der Waals surface area contributed by atoms with E-state index in [2.05, 4.69) is 19.5 Å². The molecule has 0 bridgehead atoms. The van der Waals surface area contributed by atoms with Crippen molar-refractivity contribution in [3.8, 4) is 0 Å². The number of piperazine rings is 1. The summed E-state index contributed by atoms with van der Waals surface area (Å²) in [7, 11) is -4.15. The van der Waals surface area contributed by atoms with Gasteiger partial charge in [0.1, 0.15) is 17.6 Å². The topological polar surface area (TPSA) is 85.8 Å². The maximum Gasteiger partial charge on any atom is 0.433 e. The number of carbonyl (C=O) groups is 1. The Hall–Kier alpha value is -3.51. The Morgan fingerprint density at radius 3 is 2.41 bits per heavy atom. The number of sulfonamides is 1. The lowest BCUT2D eigenvalue weighted by atomic mass is 10.00. The van der Waals surface area contributed by atoms with E-state index in [1.807, 2.05) is 30.0 Å². The Bertz CT molecular complexity index is 1540. The number of carbonyl (C=O) groups excluding carboxylic acids is 1. The molecule has 0 unspecified atom stereocenters. The molecule has 1 saturated heterocycles. The molecule has 2 aliphatic heterocycles. The zero-order chi connectivity index (χ0) is 29.4. The number of nitrogens with zero attached hydrogens (tertiary/aromatic N) is 4. The standard InChI is InChI=1S/C28H29ClF3N5O3S.2H2/c1-19(37-13-3-4-20-18-21(29)7-12-24(20)37)27(38)36-16-14-35(15-17-36)22-8-10-23(11-9-22)41(39,40)34-26-6-2-5-25(33-26)28(30,31)32;;/h2,5-12,18-19H,3-4,13-17H2,1H3,(H,33,34);2*1H/t19-;;/m1../s1. The zero-order valence-electron chi connectivity index (χ0n) is 22.2. The predicted molar refractivity (Wildman–Crippen MR) is 156 cm³/mol. The van der Waals surface area contributed by atoms with E-state index in [0.717, 1.165) is 54.5 Å². The summed E-state index contributed by atoms with van der Waals surface area (Å²) >= 11 is 6.17. The molecule has 1 N–H and O–H groups in total. The van der Waals surface area contributed by atoms with E-state index in [1.165, 1.54) is 12.1 Å². The van der Waals surface area contributed by atoms with E-state index >= 15 is 0 Å². The molecule has 0 saturated carbocycles. The van der Waals surface area contributed by atoms with Gasteiger partial charge >= 0.3 is 6.18 Å². The van der Waals surface area contributed by atoms with Crippen LogP contribution in [-0.2, 0) is 27.4 Å². The lowest BCUT2D eigenvalue weighted by molar-refractivity contribution is -0.141. The van der Waals surface area contributed by atoms with Crippen LogP contribution in [0.25, 0.3) is 0 Å². The van der Waals surface area contributed by atoms with Crippen LogP contribution in [0.15, 0.2) is 65.6 Å². The van der Waals surface area contributed by atoms with E-state index in [4.69, 9.17) is 11.6 Å². The van der Waals surface area contributed by atoms with Crippen molar-refractivity contribution in [1.82, 2.24) is 9.88 Å². The van der Waals surface area contributed by atoms with Gasteiger partial charge in [-0.15, -0.1) is 0 Å². The van der Waals surface area contributed by atoms with Crippen LogP contribution >= 0.6 is 11.6 Å². The van der Waals surface area contributed by atoms with E-state index in [-0.39, 0.29) is 19.7 Å². The fourth-order valence-electron chi connectivity index (χ4n) is 5.26. The number of nitrogens with one attached hydrogen (secondary N) is 1. The molecular weight excluding hydrogens is 579 g/mol. The molecule has 3 aromatic rings. The average Bonchev–Trinajstić information content (AvgIpc) is 2.95. The van der Waals surface area contributed by atoms with Gasteiger partial charge in [0.2, 0.25) is 5.91 Å². The van der Waals surface area contributed by atoms with Crippen molar-refractivity contribution in [3.63, 3.8) is 0 Å². The molecule has 2 aromatic carbocycles. The first-order valence-corrected chi connectivity index (χ1v) is 15.0. The first kappa shape index (κ1) is 29.0. The highest BCUT2D eigenvalue weighted by Crippen LogP contribution is 2.32. The van der Waals surface area contributed by atoms with Crippen molar-refractivity contribution in [2.45, 2.75) is 36.9 Å². The molecule has 1 atom stereocenters. The highest BCUT2D eigenvalue weighted by molar-refractivity contribution is 7.92. The van der Waals surface area contributed by atoms with Crippen LogP contribution in [-0.4, -0.2) is 63.0 Å². The van der Waals surface area contributed by atoms with Gasteiger partial charge in [-0.05, 0) is 79.9 Å². The summed E-state index contributed by atoms with van der Waals surface area (Å²) in [6.07, 6.45) is -2.80. The van der Waals surface area contributed by atoms with Crippen LogP contribution in [0, 0.1) is 0 Å². The smallest absolute Gasteiger partial charge is 0.368 e. The van der Waals surface area contributed by atoms with Gasteiger partial charge in [0.05, 0.1) is 4.90 Å². The number of halogens is 4. The van der Waals surface area contributed by atoms with Crippen molar-refractivity contribution in [2.75, 3.05) is 47.2 Å². The number of hydrogen-bond donors (Lipinski definition) is 1. The molecule has 1 aromatic heterocycles. The third-order valence-electron chi connectivity index (χ3n) is 7.40. The number of hydrogen-bond acceptors (Lipinski definition) is 6. The minimum Gasteiger partial charge on any atom is -0.368 e. The number of rotatable bonds is 6. The summed E-state index contributed by atoms with van der Waals surface area (Å²) in [5.74, 6) is -0.362. The number of aryl methyl sites for hydroxylation is 1. The summed E-state index contributed by atoms with van der Waals surface area (Å²) in [5.41, 5.74) is 1.79. The second kappa shape index (κ2) is 11.4. The normalized spacial score (nSPS) is 16.8. The molecule has 1 fully saturated rings. The van der Waals surface area contributed by atoms with Crippen LogP contribution in [0.5, 0.6) is 0 Å². The van der Waals surface area contributed by atoms with Crippen LogP contribution in [0.2, 0.25) is 5.02 Å². The maximum absolute atomic E-state index is 13.4. The highest BCUT2D eigenvalue weighted by Gasteiger charge is 2.33. The van der Waals surface area contributed by atoms with E-state index in [0.29, 0.717) is 31.2 Å². The average molecular weight is 612 g/mol. The number of alkyl halides is 3. The van der Waals surface area contributed by atoms with Crippen LogP contribution in [0.1, 0.15) is 27.5 Å². The van der Waals surface area contributed by atoms with E-state index < -0.39 is 27.7 Å². The summed E-state index contributed by atoms with van der Waals surface area (Å²) < 4.78 is 66.4. The number of anilines is 3. The lowest BCUT2D eigenvalue weighted by Crippen LogP contribution is -2.55. The first-order valence-electron chi connectivity index (χ1n) is 13.2. The molecule has 1 amide bonds. The molecule has 0 radical (unpaired) electrons. The maximum atomic E-state index is 13.4. The van der Waals surface area contributed by atoms with Gasteiger partial charge in [-0.3, -0.25) is 9.52 Å². The SMILES string of the molecule is C[C@H](C(=O)N1CCN(c2ccc(S(=O)(=O)Nc3cccc(C(F)(F)F)n3)cc2)CC1)N1CCCc2cc(Cl)ccc21.[HH].[HH]. The Balaban J connectivity index is 0.00000253. The molecule has 2 aliphatic rings. The molecule has 0 spiro atoms. The van der Waals surface area contributed by atoms with Gasteiger partial charge in [0.15, 0.2) is 0 Å². The van der Waals surface area contributed by atoms with Crippen LogP contribution in [0.3, 0.4) is 0 Å². The molecular formula is C28H33ClF3N5O3S. The monoisotopic (exact) mass is 611 g/mol. The van der Waals surface area contributed by atoms with Crippen molar-refractivity contribution in [1.29, 1.82) is 0 Å². The number of fused-ring (bicyclic) bond motifs is 1. The number of amides is 1. The second-order valence-corrected chi connectivity index (χ2v) is 12.2. The third-order valence-corrected chi connectivity index (χ3v) is 9.01. The van der Waals surface area contributed by atoms with Gasteiger partial charge in [-0.1, -0.05) is 17.7 Å². The number of benzene rings is 2. The quantitative estimate of drug-likeness (QED) is 0.394. The van der Waals surface area contributed by atoms with Gasteiger partial charge in [0.25, 0.3) is 10.0 Å². The van der Waals surface area contributed by atoms with Gasteiger partial charge in [-0.25, -0.2) is 13.4 Å². The second-order valence-electron chi connectivity index (χ2n) is 10.1. The Morgan fingerprint density at radius 2 is 1.73 bits per heavy atom. The molecule has 41 heavy (non-hydrogen) atoms. The number of aromatic nitrogens is 1. The molecule has 5 rings (SSSR count). The van der Waals surface area contributed by atoms with E-state index in [9.17, 15) is 26.4 Å². The summed E-state index contributed by atoms with van der Waals surface area (Å²) in [6.45, 7) is 4.92. The van der Waals surface area contributed by atoms with Crippen molar-refractivity contribution in [3.05, 3.63) is 76.9 Å². The lowest BCUT2D eigenvalue weighted by Gasteiger charge is -2.41. The van der Waals surface area contributed by atoms with Gasteiger partial charge in [0, 0.05) is 52.0 Å². The Kier molecular flexibility index (Phi) is 8.06. The number of pyridine rings is 1. The first-order chi connectivity index (χ1) is 19.4. The summed E-state index contributed by atoms with van der Waals surface area (Å²) in [5, 5.41) is 0.690. The van der Waals surface area contributed by atoms with Crippen molar-refractivity contribution in [2.24, 2.45) is 0 Å². The summed E-state index contributed by atoms with van der Waals surface area (Å²) in [6, 6.07) is 14.6. The molecule has 222 valence electrons. The molecule has 8 nitrogen and oxygen atoms in total. The predicted octanol–water partition coefficient (Wildman–Crippen LogP) is 5.54. The molecule has 3 heterocycles. The largest absolute Gasteiger partial charge is 0.433 e. The van der Waals surface area contributed by atoms with Crippen LogP contribution < -0.4 is 14.5 Å². The van der Waals surface area contributed by atoms with Crippen molar-refractivity contribution < 1.29 is 29.2 Å². The minimum atomic E-state index is -4.69. The third kappa shape index (κ3) is 6.38. The summed E-state index contributed by atoms with van der Waals surface area (Å²) in [4.78, 5) is 22.7. The minimum absolute atomic E-state index is 0. The Morgan fingerprint density at radius 1 is 1.02 bits per heavy atom.